The highest BCUT2D eigenvalue weighted by molar-refractivity contribution is 5.92. The summed E-state index contributed by atoms with van der Waals surface area (Å²) < 4.78 is 6.93. The molecule has 2 heterocycles. The Hall–Kier alpha value is -3.09. The number of benzene rings is 1. The first-order chi connectivity index (χ1) is 12.5. The highest BCUT2D eigenvalue weighted by atomic mass is 16.5. The van der Waals surface area contributed by atoms with Crippen LogP contribution in [0.3, 0.4) is 0 Å². The molecule has 1 aliphatic heterocycles. The number of methoxy groups -OCH3 is 1. The third-order valence-corrected chi connectivity index (χ3v) is 4.30. The Kier molecular flexibility index (Phi) is 5.36. The molecule has 1 unspecified atom stereocenters. The molecule has 26 heavy (non-hydrogen) atoms. The fraction of sp³-hybridized carbons (Fsp3) is 0.316. The van der Waals surface area contributed by atoms with E-state index < -0.39 is 0 Å². The van der Waals surface area contributed by atoms with Crippen molar-refractivity contribution in [3.05, 3.63) is 48.2 Å². The summed E-state index contributed by atoms with van der Waals surface area (Å²) in [5.74, 6) is 1.15. The van der Waals surface area contributed by atoms with E-state index in [1.807, 2.05) is 40.0 Å². The minimum Gasteiger partial charge on any atom is -0.497 e. The predicted octanol–water partition coefficient (Wildman–Crippen LogP) is 2.34. The molecule has 1 aromatic heterocycles. The molecule has 7 heteroatoms. The van der Waals surface area contributed by atoms with Gasteiger partial charge in [0.2, 0.25) is 11.8 Å². The first kappa shape index (κ1) is 17.7. The Morgan fingerprint density at radius 1 is 1.27 bits per heavy atom. The monoisotopic (exact) mass is 354 g/mol. The van der Waals surface area contributed by atoms with Crippen LogP contribution < -0.4 is 10.1 Å². The second kappa shape index (κ2) is 7.86. The Balaban J connectivity index is 1.57. The van der Waals surface area contributed by atoms with E-state index in [0.717, 1.165) is 17.7 Å². The molecule has 0 saturated carbocycles. The number of hydrogen-bond acceptors (Lipinski definition) is 4. The van der Waals surface area contributed by atoms with Crippen LogP contribution in [-0.2, 0) is 9.59 Å². The van der Waals surface area contributed by atoms with E-state index in [-0.39, 0.29) is 17.9 Å². The number of carbonyl (C=O) groups excluding carboxylic acids is 2. The van der Waals surface area contributed by atoms with Gasteiger partial charge in [0.25, 0.3) is 0 Å². The molecule has 1 saturated heterocycles. The number of carbonyl (C=O) groups is 2. The molecule has 0 radical (unpaired) electrons. The predicted molar refractivity (Wildman–Crippen MR) is 98.8 cm³/mol. The summed E-state index contributed by atoms with van der Waals surface area (Å²) in [6, 6.07) is 9.41. The average molecular weight is 354 g/mol. The second-order valence-corrected chi connectivity index (χ2v) is 6.20. The van der Waals surface area contributed by atoms with Gasteiger partial charge in [-0.15, -0.1) is 0 Å². The van der Waals surface area contributed by atoms with Crippen LogP contribution in [0, 0.1) is 0 Å². The van der Waals surface area contributed by atoms with E-state index in [1.165, 1.54) is 6.92 Å². The van der Waals surface area contributed by atoms with Gasteiger partial charge >= 0.3 is 0 Å². The lowest BCUT2D eigenvalue weighted by Crippen LogP contribution is -2.27. The van der Waals surface area contributed by atoms with Crippen molar-refractivity contribution in [2.75, 3.05) is 25.5 Å². The summed E-state index contributed by atoms with van der Waals surface area (Å²) in [6.45, 7) is 2.74. The summed E-state index contributed by atoms with van der Waals surface area (Å²) >= 11 is 0. The van der Waals surface area contributed by atoms with E-state index in [4.69, 9.17) is 4.74 Å². The maximum atomic E-state index is 12.4. The lowest BCUT2D eigenvalue weighted by Gasteiger charge is -2.14. The zero-order chi connectivity index (χ0) is 18.5. The number of ether oxygens (including phenoxy) is 1. The third-order valence-electron chi connectivity index (χ3n) is 4.30. The lowest BCUT2D eigenvalue weighted by atomic mass is 10.2. The molecule has 2 aromatic rings. The molecule has 1 aliphatic rings. The van der Waals surface area contributed by atoms with Gasteiger partial charge in [0.15, 0.2) is 5.82 Å². The number of rotatable bonds is 5. The van der Waals surface area contributed by atoms with Crippen LogP contribution in [0.2, 0.25) is 0 Å². The van der Waals surface area contributed by atoms with Gasteiger partial charge in [0, 0.05) is 38.4 Å². The second-order valence-electron chi connectivity index (χ2n) is 6.20. The maximum Gasteiger partial charge on any atom is 0.246 e. The van der Waals surface area contributed by atoms with Crippen molar-refractivity contribution in [1.29, 1.82) is 0 Å². The first-order valence-electron chi connectivity index (χ1n) is 8.49. The number of likely N-dealkylation sites (tertiary alicyclic amines) is 1. The molecular formula is C19H22N4O3. The van der Waals surface area contributed by atoms with Crippen molar-refractivity contribution in [1.82, 2.24) is 14.7 Å². The molecule has 136 valence electrons. The van der Waals surface area contributed by atoms with Crippen molar-refractivity contribution < 1.29 is 14.3 Å². The molecule has 0 aliphatic carbocycles. The summed E-state index contributed by atoms with van der Waals surface area (Å²) in [6.07, 6.45) is 6.06. The van der Waals surface area contributed by atoms with Crippen LogP contribution in [0.25, 0.3) is 6.08 Å². The molecule has 2 amide bonds. The summed E-state index contributed by atoms with van der Waals surface area (Å²) in [5.41, 5.74) is 0.946. The van der Waals surface area contributed by atoms with Crippen LogP contribution in [0.1, 0.15) is 24.9 Å². The van der Waals surface area contributed by atoms with E-state index >= 15 is 0 Å². The molecule has 1 N–H and O–H groups in total. The number of anilines is 1. The number of aromatic nitrogens is 2. The average Bonchev–Trinajstić information content (AvgIpc) is 3.29. The van der Waals surface area contributed by atoms with Crippen molar-refractivity contribution in [2.24, 2.45) is 0 Å². The minimum absolute atomic E-state index is 0.0161. The zero-order valence-electron chi connectivity index (χ0n) is 14.9. The Morgan fingerprint density at radius 2 is 2.04 bits per heavy atom. The van der Waals surface area contributed by atoms with Gasteiger partial charge in [-0.25, -0.2) is 0 Å². The first-order valence-corrected chi connectivity index (χ1v) is 8.49. The molecule has 7 nitrogen and oxygen atoms in total. The van der Waals surface area contributed by atoms with Crippen molar-refractivity contribution in [2.45, 2.75) is 19.4 Å². The molecule has 1 atom stereocenters. The zero-order valence-corrected chi connectivity index (χ0v) is 14.9. The van der Waals surface area contributed by atoms with Crippen LogP contribution >= 0.6 is 0 Å². The topological polar surface area (TPSA) is 76.5 Å². The molecule has 0 spiro atoms. The number of amides is 2. The van der Waals surface area contributed by atoms with Crippen molar-refractivity contribution in [3.63, 3.8) is 0 Å². The van der Waals surface area contributed by atoms with Gasteiger partial charge in [-0.2, -0.15) is 5.10 Å². The highest BCUT2D eigenvalue weighted by Crippen LogP contribution is 2.22. The molecule has 1 fully saturated rings. The van der Waals surface area contributed by atoms with Crippen LogP contribution in [0.4, 0.5) is 5.82 Å². The number of hydrogen-bond donors (Lipinski definition) is 1. The van der Waals surface area contributed by atoms with E-state index in [1.54, 1.807) is 25.3 Å². The quantitative estimate of drug-likeness (QED) is 0.836. The van der Waals surface area contributed by atoms with Gasteiger partial charge in [-0.05, 0) is 30.2 Å². The van der Waals surface area contributed by atoms with Crippen molar-refractivity contribution >= 4 is 23.7 Å². The smallest absolute Gasteiger partial charge is 0.246 e. The van der Waals surface area contributed by atoms with Gasteiger partial charge in [-0.1, -0.05) is 12.1 Å². The number of nitrogens with zero attached hydrogens (tertiary/aromatic N) is 3. The van der Waals surface area contributed by atoms with Gasteiger partial charge < -0.3 is 15.0 Å². The molecule has 0 bridgehead atoms. The van der Waals surface area contributed by atoms with Gasteiger partial charge in [0.05, 0.1) is 13.2 Å². The summed E-state index contributed by atoms with van der Waals surface area (Å²) in [4.78, 5) is 25.3. The highest BCUT2D eigenvalue weighted by Gasteiger charge is 2.26. The molecule has 1 aromatic carbocycles. The van der Waals surface area contributed by atoms with E-state index in [2.05, 4.69) is 10.4 Å². The molecular weight excluding hydrogens is 332 g/mol. The largest absolute Gasteiger partial charge is 0.497 e. The Labute approximate surface area is 152 Å². The maximum absolute atomic E-state index is 12.4. The Morgan fingerprint density at radius 3 is 2.73 bits per heavy atom. The fourth-order valence-electron chi connectivity index (χ4n) is 2.93. The van der Waals surface area contributed by atoms with Gasteiger partial charge in [-0.3, -0.25) is 14.3 Å². The Bertz CT molecular complexity index is 810. The molecule has 3 rings (SSSR count). The third kappa shape index (κ3) is 4.30. The summed E-state index contributed by atoms with van der Waals surface area (Å²) in [7, 11) is 1.62. The summed E-state index contributed by atoms with van der Waals surface area (Å²) in [5, 5.41) is 7.01. The fourth-order valence-corrected chi connectivity index (χ4v) is 2.93. The normalized spacial score (nSPS) is 16.8. The van der Waals surface area contributed by atoms with Gasteiger partial charge in [0.1, 0.15) is 5.75 Å². The van der Waals surface area contributed by atoms with Crippen LogP contribution in [0.5, 0.6) is 5.75 Å². The van der Waals surface area contributed by atoms with Crippen LogP contribution in [0.15, 0.2) is 42.6 Å². The lowest BCUT2D eigenvalue weighted by molar-refractivity contribution is -0.125. The SMILES string of the molecule is COc1ccc(/C=C/C(=O)N2CCC(n3ccc(NC(C)=O)n3)C2)cc1. The van der Waals surface area contributed by atoms with Crippen LogP contribution in [-0.4, -0.2) is 46.7 Å². The standard InChI is InChI=1S/C19H22N4O3/c1-14(24)20-18-10-12-23(21-18)16-9-11-22(13-16)19(25)8-5-15-3-6-17(26-2)7-4-15/h3-8,10,12,16H,9,11,13H2,1-2H3,(H,20,21,24)/b8-5+. The van der Waals surface area contributed by atoms with E-state index in [9.17, 15) is 9.59 Å². The minimum atomic E-state index is -0.151. The van der Waals surface area contributed by atoms with E-state index in [0.29, 0.717) is 18.9 Å². The number of nitrogens with one attached hydrogen (secondary N) is 1. The van der Waals surface area contributed by atoms with Crippen molar-refractivity contribution in [3.8, 4) is 5.75 Å².